The van der Waals surface area contributed by atoms with Gasteiger partial charge in [-0.2, -0.15) is 0 Å². The molecule has 1 atom stereocenters. The van der Waals surface area contributed by atoms with Crippen molar-refractivity contribution >= 4 is 37.6 Å². The molecule has 0 spiro atoms. The molecule has 0 aliphatic heterocycles. The quantitative estimate of drug-likeness (QED) is 0.770. The fourth-order valence-electron chi connectivity index (χ4n) is 1.37. The van der Waals surface area contributed by atoms with E-state index >= 15 is 0 Å². The Morgan fingerprint density at radius 2 is 2.17 bits per heavy atom. The number of nitrogens with one attached hydrogen (secondary N) is 1. The van der Waals surface area contributed by atoms with E-state index in [-0.39, 0.29) is 16.5 Å². The molecule has 2 N–H and O–H groups in total. The van der Waals surface area contributed by atoms with Crippen LogP contribution in [0.15, 0.2) is 27.6 Å². The van der Waals surface area contributed by atoms with Crippen molar-refractivity contribution in [3.63, 3.8) is 0 Å². The first kappa shape index (κ1) is 15.9. The van der Waals surface area contributed by atoms with Crippen LogP contribution in [0.3, 0.4) is 0 Å². The molecule has 0 aromatic heterocycles. The Labute approximate surface area is 121 Å². The molecule has 0 saturated carbocycles. The Kier molecular flexibility index (Phi) is 6.07. The number of halogens is 2. The van der Waals surface area contributed by atoms with Gasteiger partial charge in [0.2, 0.25) is 10.0 Å². The van der Waals surface area contributed by atoms with Crippen LogP contribution in [0.2, 0.25) is 5.02 Å². The molecule has 0 radical (unpaired) electrons. The van der Waals surface area contributed by atoms with Crippen LogP contribution < -0.4 is 4.72 Å². The molecule has 4 nitrogen and oxygen atoms in total. The van der Waals surface area contributed by atoms with Gasteiger partial charge in [-0.05, 0) is 38.0 Å². The highest BCUT2D eigenvalue weighted by Crippen LogP contribution is 2.24. The minimum atomic E-state index is -3.59. The predicted octanol–water partition coefficient (Wildman–Crippen LogP) is 2.54. The first-order chi connectivity index (χ1) is 8.33. The van der Waals surface area contributed by atoms with E-state index in [1.54, 1.807) is 13.0 Å². The van der Waals surface area contributed by atoms with E-state index in [0.717, 1.165) is 4.47 Å². The van der Waals surface area contributed by atoms with E-state index in [1.807, 2.05) is 0 Å². The van der Waals surface area contributed by atoms with E-state index in [2.05, 4.69) is 20.7 Å². The Bertz CT molecular complexity index is 505. The lowest BCUT2D eigenvalue weighted by Gasteiger charge is -2.09. The molecule has 1 rings (SSSR count). The molecule has 0 aliphatic rings. The zero-order chi connectivity index (χ0) is 13.8. The van der Waals surface area contributed by atoms with E-state index in [9.17, 15) is 8.42 Å². The third-order valence-electron chi connectivity index (χ3n) is 2.27. The van der Waals surface area contributed by atoms with Gasteiger partial charge in [0.25, 0.3) is 0 Å². The van der Waals surface area contributed by atoms with E-state index in [1.165, 1.54) is 12.1 Å². The summed E-state index contributed by atoms with van der Waals surface area (Å²) >= 11 is 9.10. The maximum Gasteiger partial charge on any atom is 0.242 e. The largest absolute Gasteiger partial charge is 0.393 e. The summed E-state index contributed by atoms with van der Waals surface area (Å²) in [5.41, 5.74) is 0. The second-order valence-corrected chi connectivity index (χ2v) is 7.02. The number of aliphatic hydroxyl groups excluding tert-OH is 1. The van der Waals surface area contributed by atoms with Gasteiger partial charge >= 0.3 is 0 Å². The Balaban J connectivity index is 2.69. The van der Waals surface area contributed by atoms with Crippen molar-refractivity contribution in [2.24, 2.45) is 0 Å². The normalized spacial score (nSPS) is 13.6. The topological polar surface area (TPSA) is 66.4 Å². The molecular weight excluding hydrogens is 342 g/mol. The summed E-state index contributed by atoms with van der Waals surface area (Å²) in [5, 5.41) is 9.24. The maximum absolute atomic E-state index is 11.9. The van der Waals surface area contributed by atoms with Crippen molar-refractivity contribution in [2.45, 2.75) is 30.8 Å². The van der Waals surface area contributed by atoms with Crippen LogP contribution in [0.1, 0.15) is 19.8 Å². The summed E-state index contributed by atoms with van der Waals surface area (Å²) in [7, 11) is -3.59. The second kappa shape index (κ2) is 6.86. The highest BCUT2D eigenvalue weighted by Gasteiger charge is 2.17. The number of rotatable bonds is 6. The van der Waals surface area contributed by atoms with Gasteiger partial charge in [0.05, 0.1) is 11.1 Å². The summed E-state index contributed by atoms with van der Waals surface area (Å²) in [4.78, 5) is 0.0596. The molecule has 1 aromatic carbocycles. The Hall–Kier alpha value is -0.140. The smallest absolute Gasteiger partial charge is 0.242 e. The number of benzene rings is 1. The summed E-state index contributed by atoms with van der Waals surface area (Å²) in [5.74, 6) is 0. The zero-order valence-electron chi connectivity index (χ0n) is 9.86. The number of aliphatic hydroxyl groups is 1. The lowest BCUT2D eigenvalue weighted by molar-refractivity contribution is 0.182. The SMILES string of the molecule is CC(O)CCCNS(=O)(=O)c1ccc(Br)cc1Cl. The average Bonchev–Trinajstić information content (AvgIpc) is 2.23. The summed E-state index contributed by atoms with van der Waals surface area (Å²) in [6.07, 6.45) is 0.701. The molecule has 0 saturated heterocycles. The Morgan fingerprint density at radius 1 is 1.50 bits per heavy atom. The summed E-state index contributed by atoms with van der Waals surface area (Å²) in [6, 6.07) is 4.60. The van der Waals surface area contributed by atoms with Gasteiger partial charge in [-0.1, -0.05) is 27.5 Å². The molecule has 18 heavy (non-hydrogen) atoms. The van der Waals surface area contributed by atoms with Crippen LogP contribution in [0.5, 0.6) is 0 Å². The molecule has 0 fully saturated rings. The molecule has 0 aliphatic carbocycles. The molecule has 0 heterocycles. The van der Waals surface area contributed by atoms with Crippen LogP contribution in [0.4, 0.5) is 0 Å². The molecule has 1 unspecified atom stereocenters. The van der Waals surface area contributed by atoms with Gasteiger partial charge in [0, 0.05) is 11.0 Å². The first-order valence-electron chi connectivity index (χ1n) is 5.45. The zero-order valence-corrected chi connectivity index (χ0v) is 13.0. The van der Waals surface area contributed by atoms with Gasteiger partial charge in [-0.25, -0.2) is 13.1 Å². The van der Waals surface area contributed by atoms with Crippen molar-refractivity contribution in [1.29, 1.82) is 0 Å². The summed E-state index contributed by atoms with van der Waals surface area (Å²) < 4.78 is 27.0. The number of sulfonamides is 1. The van der Waals surface area contributed by atoms with Gasteiger partial charge < -0.3 is 5.11 Å². The maximum atomic E-state index is 11.9. The minimum absolute atomic E-state index is 0.0596. The van der Waals surface area contributed by atoms with Crippen LogP contribution in [0, 0.1) is 0 Å². The third kappa shape index (κ3) is 4.85. The molecule has 0 bridgehead atoms. The second-order valence-electron chi connectivity index (χ2n) is 3.96. The van der Waals surface area contributed by atoms with E-state index in [4.69, 9.17) is 16.7 Å². The fraction of sp³-hybridized carbons (Fsp3) is 0.455. The first-order valence-corrected chi connectivity index (χ1v) is 8.11. The lowest BCUT2D eigenvalue weighted by atomic mass is 10.2. The molecule has 0 amide bonds. The van der Waals surface area contributed by atoms with Gasteiger partial charge in [0.1, 0.15) is 4.90 Å². The van der Waals surface area contributed by atoms with Crippen molar-refractivity contribution in [1.82, 2.24) is 4.72 Å². The van der Waals surface area contributed by atoms with Crippen molar-refractivity contribution in [2.75, 3.05) is 6.54 Å². The number of hydrogen-bond donors (Lipinski definition) is 2. The minimum Gasteiger partial charge on any atom is -0.393 e. The monoisotopic (exact) mass is 355 g/mol. The summed E-state index contributed by atoms with van der Waals surface area (Å²) in [6.45, 7) is 1.94. The van der Waals surface area contributed by atoms with Crippen LogP contribution in [-0.2, 0) is 10.0 Å². The van der Waals surface area contributed by atoms with Crippen molar-refractivity contribution in [3.05, 3.63) is 27.7 Å². The Morgan fingerprint density at radius 3 is 2.72 bits per heavy atom. The molecule has 1 aromatic rings. The van der Waals surface area contributed by atoms with E-state index < -0.39 is 16.1 Å². The lowest BCUT2D eigenvalue weighted by Crippen LogP contribution is -2.25. The molecule has 7 heteroatoms. The van der Waals surface area contributed by atoms with Crippen molar-refractivity contribution in [3.8, 4) is 0 Å². The van der Waals surface area contributed by atoms with Crippen molar-refractivity contribution < 1.29 is 13.5 Å². The number of hydrogen-bond acceptors (Lipinski definition) is 3. The van der Waals surface area contributed by atoms with Gasteiger partial charge in [-0.3, -0.25) is 0 Å². The highest BCUT2D eigenvalue weighted by atomic mass is 79.9. The average molecular weight is 357 g/mol. The van der Waals surface area contributed by atoms with E-state index in [0.29, 0.717) is 12.8 Å². The van der Waals surface area contributed by atoms with Gasteiger partial charge in [-0.15, -0.1) is 0 Å². The van der Waals surface area contributed by atoms with Crippen LogP contribution in [-0.4, -0.2) is 26.2 Å². The molecule has 102 valence electrons. The third-order valence-corrected chi connectivity index (χ3v) is 4.71. The van der Waals surface area contributed by atoms with Crippen LogP contribution >= 0.6 is 27.5 Å². The molecular formula is C11H15BrClNO3S. The van der Waals surface area contributed by atoms with Crippen LogP contribution in [0.25, 0.3) is 0 Å². The standard InChI is InChI=1S/C11H15BrClNO3S/c1-8(15)3-2-6-14-18(16,17)11-5-4-9(12)7-10(11)13/h4-5,7-8,14-15H,2-3,6H2,1H3. The van der Waals surface area contributed by atoms with Gasteiger partial charge in [0.15, 0.2) is 0 Å². The highest BCUT2D eigenvalue weighted by molar-refractivity contribution is 9.10. The predicted molar refractivity (Wildman–Crippen MR) is 75.3 cm³/mol. The fourth-order valence-corrected chi connectivity index (χ4v) is 3.48.